The quantitative estimate of drug-likeness (QED) is 0.783. The number of likely N-dealkylation sites (tertiary alicyclic amines) is 1. The largest absolute Gasteiger partial charge is 0.359 e. The van der Waals surface area contributed by atoms with Gasteiger partial charge in [0, 0.05) is 25.7 Å². The summed E-state index contributed by atoms with van der Waals surface area (Å²) in [6, 6.07) is 0. The first-order valence-corrected chi connectivity index (χ1v) is 5.07. The van der Waals surface area contributed by atoms with Crippen LogP contribution in [-0.2, 0) is 6.54 Å². The molecule has 0 radical (unpaired) electrons. The van der Waals surface area contributed by atoms with Crippen LogP contribution in [0.2, 0.25) is 0 Å². The van der Waals surface area contributed by atoms with Crippen molar-refractivity contribution in [3.05, 3.63) is 18.0 Å². The van der Waals surface area contributed by atoms with E-state index < -0.39 is 0 Å². The Bertz CT molecular complexity index is 329. The summed E-state index contributed by atoms with van der Waals surface area (Å²) in [6.07, 6.45) is 5.99. The summed E-state index contributed by atoms with van der Waals surface area (Å²) in [5.41, 5.74) is 1.20. The lowest BCUT2D eigenvalue weighted by Gasteiger charge is -2.17. The van der Waals surface area contributed by atoms with Crippen LogP contribution in [0.3, 0.4) is 0 Å². The minimum Gasteiger partial charge on any atom is -0.359 e. The SMILES string of the molecule is Cc1cnn(CCN2CCCC2=N)c1. The zero-order chi connectivity index (χ0) is 9.97. The molecule has 1 saturated heterocycles. The van der Waals surface area contributed by atoms with Gasteiger partial charge in [-0.2, -0.15) is 5.10 Å². The first-order chi connectivity index (χ1) is 6.75. The number of aromatic nitrogens is 2. The van der Waals surface area contributed by atoms with Crippen molar-refractivity contribution in [2.24, 2.45) is 0 Å². The average molecular weight is 192 g/mol. The lowest BCUT2D eigenvalue weighted by atomic mass is 10.4. The molecule has 0 aliphatic carbocycles. The molecular weight excluding hydrogens is 176 g/mol. The third-order valence-electron chi connectivity index (χ3n) is 2.58. The van der Waals surface area contributed by atoms with Crippen molar-refractivity contribution >= 4 is 5.84 Å². The molecule has 2 heterocycles. The molecule has 1 aliphatic heterocycles. The molecule has 1 aromatic rings. The van der Waals surface area contributed by atoms with Gasteiger partial charge in [0.15, 0.2) is 0 Å². The summed E-state index contributed by atoms with van der Waals surface area (Å²) in [7, 11) is 0. The molecule has 76 valence electrons. The summed E-state index contributed by atoms with van der Waals surface area (Å²) in [5, 5.41) is 11.9. The fourth-order valence-corrected chi connectivity index (χ4v) is 1.79. The van der Waals surface area contributed by atoms with Gasteiger partial charge in [-0.1, -0.05) is 0 Å². The highest BCUT2D eigenvalue weighted by atomic mass is 15.3. The van der Waals surface area contributed by atoms with Crippen molar-refractivity contribution in [1.82, 2.24) is 14.7 Å². The Hall–Kier alpha value is -1.32. The number of aryl methyl sites for hydroxylation is 1. The van der Waals surface area contributed by atoms with E-state index in [1.165, 1.54) is 5.56 Å². The fourth-order valence-electron chi connectivity index (χ4n) is 1.79. The molecule has 0 atom stereocenters. The predicted octanol–water partition coefficient (Wildman–Crippen LogP) is 1.26. The molecule has 1 aliphatic rings. The van der Waals surface area contributed by atoms with Crippen molar-refractivity contribution in [3.63, 3.8) is 0 Å². The van der Waals surface area contributed by atoms with Gasteiger partial charge in [-0.25, -0.2) is 0 Å². The second-order valence-corrected chi connectivity index (χ2v) is 3.82. The third kappa shape index (κ3) is 1.95. The molecule has 1 aromatic heterocycles. The van der Waals surface area contributed by atoms with Gasteiger partial charge in [-0.3, -0.25) is 10.1 Å². The van der Waals surface area contributed by atoms with Crippen LogP contribution in [0.25, 0.3) is 0 Å². The maximum Gasteiger partial charge on any atom is 0.0958 e. The second kappa shape index (κ2) is 3.82. The molecule has 0 unspecified atom stereocenters. The molecule has 0 saturated carbocycles. The van der Waals surface area contributed by atoms with E-state index in [1.807, 2.05) is 24.0 Å². The zero-order valence-electron chi connectivity index (χ0n) is 8.53. The summed E-state index contributed by atoms with van der Waals surface area (Å²) >= 11 is 0. The number of rotatable bonds is 3. The second-order valence-electron chi connectivity index (χ2n) is 3.82. The van der Waals surface area contributed by atoms with Crippen LogP contribution in [0.4, 0.5) is 0 Å². The summed E-state index contributed by atoms with van der Waals surface area (Å²) in [4.78, 5) is 2.14. The molecule has 1 fully saturated rings. The topological polar surface area (TPSA) is 44.9 Å². The highest BCUT2D eigenvalue weighted by Crippen LogP contribution is 2.09. The van der Waals surface area contributed by atoms with Gasteiger partial charge in [-0.05, 0) is 18.9 Å². The Labute approximate surface area is 84.0 Å². The van der Waals surface area contributed by atoms with Crippen molar-refractivity contribution in [1.29, 1.82) is 5.41 Å². The highest BCUT2D eigenvalue weighted by molar-refractivity contribution is 5.80. The molecular formula is C10H16N4. The maximum absolute atomic E-state index is 7.67. The van der Waals surface area contributed by atoms with Crippen molar-refractivity contribution in [2.75, 3.05) is 13.1 Å². The smallest absolute Gasteiger partial charge is 0.0958 e. The minimum absolute atomic E-state index is 0.786. The van der Waals surface area contributed by atoms with E-state index in [2.05, 4.69) is 10.00 Å². The zero-order valence-corrected chi connectivity index (χ0v) is 8.53. The Kier molecular flexibility index (Phi) is 2.52. The lowest BCUT2D eigenvalue weighted by Crippen LogP contribution is -2.28. The van der Waals surface area contributed by atoms with Crippen molar-refractivity contribution in [3.8, 4) is 0 Å². The first-order valence-electron chi connectivity index (χ1n) is 5.07. The van der Waals surface area contributed by atoms with E-state index in [-0.39, 0.29) is 0 Å². The number of hydrogen-bond acceptors (Lipinski definition) is 2. The summed E-state index contributed by atoms with van der Waals surface area (Å²) < 4.78 is 1.95. The number of hydrogen-bond donors (Lipinski definition) is 1. The van der Waals surface area contributed by atoms with Gasteiger partial charge < -0.3 is 4.90 Å². The maximum atomic E-state index is 7.67. The van der Waals surface area contributed by atoms with Gasteiger partial charge in [0.1, 0.15) is 0 Å². The predicted molar refractivity (Wildman–Crippen MR) is 55.5 cm³/mol. The number of amidine groups is 1. The van der Waals surface area contributed by atoms with Gasteiger partial charge >= 0.3 is 0 Å². The number of nitrogens with one attached hydrogen (secondary N) is 1. The van der Waals surface area contributed by atoms with Crippen LogP contribution >= 0.6 is 0 Å². The van der Waals surface area contributed by atoms with Crippen molar-refractivity contribution in [2.45, 2.75) is 26.3 Å². The molecule has 0 bridgehead atoms. The molecule has 1 N–H and O–H groups in total. The van der Waals surface area contributed by atoms with Crippen LogP contribution < -0.4 is 0 Å². The molecule has 0 aromatic carbocycles. The minimum atomic E-state index is 0.786. The van der Waals surface area contributed by atoms with Gasteiger partial charge in [-0.15, -0.1) is 0 Å². The Balaban J connectivity index is 1.85. The van der Waals surface area contributed by atoms with Crippen molar-refractivity contribution < 1.29 is 0 Å². The van der Waals surface area contributed by atoms with Crippen LogP contribution in [0.1, 0.15) is 18.4 Å². The fraction of sp³-hybridized carbons (Fsp3) is 0.600. The lowest BCUT2D eigenvalue weighted by molar-refractivity contribution is 0.408. The average Bonchev–Trinajstić information content (AvgIpc) is 2.72. The van der Waals surface area contributed by atoms with Crippen LogP contribution in [0, 0.1) is 12.3 Å². The molecule has 0 spiro atoms. The Morgan fingerprint density at radius 3 is 2.93 bits per heavy atom. The van der Waals surface area contributed by atoms with E-state index >= 15 is 0 Å². The van der Waals surface area contributed by atoms with E-state index in [1.54, 1.807) is 0 Å². The van der Waals surface area contributed by atoms with E-state index in [9.17, 15) is 0 Å². The summed E-state index contributed by atoms with van der Waals surface area (Å²) in [5.74, 6) is 0.786. The molecule has 4 nitrogen and oxygen atoms in total. The molecule has 0 amide bonds. The molecule has 14 heavy (non-hydrogen) atoms. The van der Waals surface area contributed by atoms with Crippen LogP contribution in [0.5, 0.6) is 0 Å². The van der Waals surface area contributed by atoms with E-state index in [0.717, 1.165) is 38.3 Å². The van der Waals surface area contributed by atoms with Crippen LogP contribution in [-0.4, -0.2) is 33.6 Å². The normalized spacial score (nSPS) is 16.6. The van der Waals surface area contributed by atoms with Gasteiger partial charge in [0.25, 0.3) is 0 Å². The molecule has 4 heteroatoms. The monoisotopic (exact) mass is 192 g/mol. The first kappa shape index (κ1) is 9.24. The number of nitrogens with zero attached hydrogens (tertiary/aromatic N) is 3. The molecule has 2 rings (SSSR count). The van der Waals surface area contributed by atoms with E-state index in [0.29, 0.717) is 0 Å². The van der Waals surface area contributed by atoms with Gasteiger partial charge in [0.05, 0.1) is 18.6 Å². The third-order valence-corrected chi connectivity index (χ3v) is 2.58. The Morgan fingerprint density at radius 2 is 2.36 bits per heavy atom. The Morgan fingerprint density at radius 1 is 1.50 bits per heavy atom. The van der Waals surface area contributed by atoms with Gasteiger partial charge in [0.2, 0.25) is 0 Å². The summed E-state index contributed by atoms with van der Waals surface area (Å²) in [6.45, 7) is 4.89. The standard InChI is InChI=1S/C10H16N4/c1-9-7-12-14(8-9)6-5-13-4-2-3-10(13)11/h7-8,11H,2-6H2,1H3. The highest BCUT2D eigenvalue weighted by Gasteiger charge is 2.15. The van der Waals surface area contributed by atoms with Crippen LogP contribution in [0.15, 0.2) is 12.4 Å². The van der Waals surface area contributed by atoms with E-state index in [4.69, 9.17) is 5.41 Å².